The molecule has 41 heavy (non-hydrogen) atoms. The van der Waals surface area contributed by atoms with Crippen LogP contribution >= 0.6 is 11.3 Å². The highest BCUT2D eigenvalue weighted by Crippen LogP contribution is 2.46. The lowest BCUT2D eigenvalue weighted by Gasteiger charge is -2.13. The van der Waals surface area contributed by atoms with E-state index in [1.807, 2.05) is 11.3 Å². The topological polar surface area (TPSA) is 22.2 Å². The lowest BCUT2D eigenvalue weighted by atomic mass is 9.98. The molecule has 0 atom stereocenters. The standard InChI is InChI=1S/C37H21N3S/c1-2-10-22(11-3-1)39-27-15-7-4-12-23(27)33-29(39)19-18-25-34-30(20-21-32-35(34)24-13-5-9-17-31(24)41-32)40-28-16-8-6-14-26(28)38-37(40)36(25)33/h1-21H. The van der Waals surface area contributed by atoms with Crippen molar-refractivity contribution >= 4 is 91.7 Å². The number of nitrogens with zero attached hydrogens (tertiary/aromatic N) is 3. The van der Waals surface area contributed by atoms with Gasteiger partial charge in [0.05, 0.1) is 27.6 Å². The molecule has 0 spiro atoms. The van der Waals surface area contributed by atoms with Gasteiger partial charge in [-0.3, -0.25) is 4.40 Å². The molecule has 10 aromatic rings. The van der Waals surface area contributed by atoms with Crippen LogP contribution in [0.5, 0.6) is 0 Å². The number of pyridine rings is 1. The fourth-order valence-electron chi connectivity index (χ4n) is 7.06. The SMILES string of the molecule is c1ccc(-n2c3ccccc3c3c4c(ccc32)c2c3c(ccc2n2c5ccccc5nc42)sc2ccccc23)cc1. The van der Waals surface area contributed by atoms with E-state index >= 15 is 0 Å². The summed E-state index contributed by atoms with van der Waals surface area (Å²) in [7, 11) is 0. The van der Waals surface area contributed by atoms with Crippen LogP contribution in [0.15, 0.2) is 127 Å². The molecule has 0 aliphatic rings. The summed E-state index contributed by atoms with van der Waals surface area (Å²) in [6.45, 7) is 0. The highest BCUT2D eigenvalue weighted by Gasteiger charge is 2.22. The first-order chi connectivity index (χ1) is 20.4. The minimum absolute atomic E-state index is 1.01. The number of fused-ring (bicyclic) bond motifs is 16. The zero-order chi connectivity index (χ0) is 26.7. The summed E-state index contributed by atoms with van der Waals surface area (Å²) < 4.78 is 7.43. The van der Waals surface area contributed by atoms with E-state index in [-0.39, 0.29) is 0 Å². The van der Waals surface area contributed by atoms with Crippen molar-refractivity contribution in [3.8, 4) is 5.69 Å². The van der Waals surface area contributed by atoms with Gasteiger partial charge in [0.15, 0.2) is 0 Å². The van der Waals surface area contributed by atoms with E-state index in [0.717, 1.165) is 22.4 Å². The van der Waals surface area contributed by atoms with Gasteiger partial charge in [-0.25, -0.2) is 4.98 Å². The molecule has 10 rings (SSSR count). The van der Waals surface area contributed by atoms with E-state index in [0.29, 0.717) is 0 Å². The van der Waals surface area contributed by atoms with Gasteiger partial charge in [0, 0.05) is 47.4 Å². The van der Waals surface area contributed by atoms with Crippen molar-refractivity contribution in [3.05, 3.63) is 127 Å². The highest BCUT2D eigenvalue weighted by atomic mass is 32.1. The van der Waals surface area contributed by atoms with Crippen molar-refractivity contribution in [1.29, 1.82) is 0 Å². The van der Waals surface area contributed by atoms with Gasteiger partial charge in [-0.05, 0) is 60.0 Å². The van der Waals surface area contributed by atoms with Gasteiger partial charge >= 0.3 is 0 Å². The van der Waals surface area contributed by atoms with Gasteiger partial charge in [0.2, 0.25) is 0 Å². The van der Waals surface area contributed by atoms with Crippen LogP contribution in [0, 0.1) is 0 Å². The second-order valence-corrected chi connectivity index (χ2v) is 11.8. The zero-order valence-electron chi connectivity index (χ0n) is 21.9. The van der Waals surface area contributed by atoms with Crippen LogP contribution < -0.4 is 0 Å². The van der Waals surface area contributed by atoms with Crippen molar-refractivity contribution < 1.29 is 0 Å². The molecule has 0 aliphatic heterocycles. The molecule has 190 valence electrons. The van der Waals surface area contributed by atoms with E-state index in [1.54, 1.807) is 0 Å². The Bertz CT molecular complexity index is 2690. The number of benzene rings is 6. The number of hydrogen-bond donors (Lipinski definition) is 0. The smallest absolute Gasteiger partial charge is 0.147 e. The van der Waals surface area contributed by atoms with Crippen molar-refractivity contribution in [1.82, 2.24) is 14.0 Å². The van der Waals surface area contributed by atoms with Gasteiger partial charge in [0.25, 0.3) is 0 Å². The van der Waals surface area contributed by atoms with Crippen LogP contribution in [0.2, 0.25) is 0 Å². The van der Waals surface area contributed by atoms with Gasteiger partial charge in [-0.1, -0.05) is 72.8 Å². The number of aromatic nitrogens is 3. The van der Waals surface area contributed by atoms with Gasteiger partial charge < -0.3 is 4.57 Å². The molecule has 4 aromatic heterocycles. The number of rotatable bonds is 1. The van der Waals surface area contributed by atoms with E-state index in [1.165, 1.54) is 63.7 Å². The molecule has 4 heteroatoms. The van der Waals surface area contributed by atoms with Crippen LogP contribution in [0.4, 0.5) is 0 Å². The third-order valence-electron chi connectivity index (χ3n) is 8.67. The number of imidazole rings is 1. The Kier molecular flexibility index (Phi) is 4.07. The van der Waals surface area contributed by atoms with Crippen molar-refractivity contribution in [2.75, 3.05) is 0 Å². The first-order valence-electron chi connectivity index (χ1n) is 13.9. The number of hydrogen-bond acceptors (Lipinski definition) is 2. The molecule has 0 aliphatic carbocycles. The van der Waals surface area contributed by atoms with E-state index < -0.39 is 0 Å². The summed E-state index contributed by atoms with van der Waals surface area (Å²) in [6, 6.07) is 46.1. The summed E-state index contributed by atoms with van der Waals surface area (Å²) in [5.74, 6) is 0. The van der Waals surface area contributed by atoms with Crippen molar-refractivity contribution in [2.45, 2.75) is 0 Å². The monoisotopic (exact) mass is 539 g/mol. The molecular formula is C37H21N3S. The summed E-state index contributed by atoms with van der Waals surface area (Å²) in [4.78, 5) is 5.32. The average molecular weight is 540 g/mol. The molecule has 3 nitrogen and oxygen atoms in total. The first kappa shape index (κ1) is 21.6. The summed E-state index contributed by atoms with van der Waals surface area (Å²) >= 11 is 1.87. The third kappa shape index (κ3) is 2.70. The Hall–Kier alpha value is -5.19. The van der Waals surface area contributed by atoms with Gasteiger partial charge in [-0.15, -0.1) is 11.3 Å². The largest absolute Gasteiger partial charge is 0.309 e. The van der Waals surface area contributed by atoms with Crippen LogP contribution in [-0.4, -0.2) is 14.0 Å². The number of para-hydroxylation sites is 4. The average Bonchev–Trinajstić information content (AvgIpc) is 3.71. The summed E-state index contributed by atoms with van der Waals surface area (Å²) in [5.41, 5.74) is 7.92. The normalized spacial score (nSPS) is 12.4. The molecule has 0 saturated carbocycles. The molecule has 0 bridgehead atoms. The Morgan fingerprint density at radius 1 is 0.439 bits per heavy atom. The molecule has 0 saturated heterocycles. The van der Waals surface area contributed by atoms with Crippen LogP contribution in [-0.2, 0) is 0 Å². The molecule has 0 fully saturated rings. The van der Waals surface area contributed by atoms with E-state index in [2.05, 4.69) is 136 Å². The third-order valence-corrected chi connectivity index (χ3v) is 9.81. The minimum atomic E-state index is 1.01. The lowest BCUT2D eigenvalue weighted by molar-refractivity contribution is 1.18. The molecule has 0 amide bonds. The fourth-order valence-corrected chi connectivity index (χ4v) is 8.17. The van der Waals surface area contributed by atoms with E-state index in [4.69, 9.17) is 4.98 Å². The van der Waals surface area contributed by atoms with Crippen LogP contribution in [0.25, 0.3) is 86.0 Å². The molecule has 0 unspecified atom stereocenters. The maximum Gasteiger partial charge on any atom is 0.147 e. The quantitative estimate of drug-likeness (QED) is 0.190. The lowest BCUT2D eigenvalue weighted by Crippen LogP contribution is -1.95. The van der Waals surface area contributed by atoms with Gasteiger partial charge in [-0.2, -0.15) is 0 Å². The van der Waals surface area contributed by atoms with E-state index in [9.17, 15) is 0 Å². The predicted molar refractivity (Wildman–Crippen MR) is 175 cm³/mol. The molecule has 6 aromatic carbocycles. The summed E-state index contributed by atoms with van der Waals surface area (Å²) in [5, 5.41) is 8.89. The molecule has 4 heterocycles. The second kappa shape index (κ2) is 7.72. The zero-order valence-corrected chi connectivity index (χ0v) is 22.7. The maximum absolute atomic E-state index is 5.32. The highest BCUT2D eigenvalue weighted by molar-refractivity contribution is 7.26. The van der Waals surface area contributed by atoms with Gasteiger partial charge in [0.1, 0.15) is 5.65 Å². The second-order valence-electron chi connectivity index (χ2n) is 10.8. The molecule has 0 N–H and O–H groups in total. The Labute approximate surface area is 238 Å². The predicted octanol–water partition coefficient (Wildman–Crippen LogP) is 10.3. The van der Waals surface area contributed by atoms with Crippen LogP contribution in [0.1, 0.15) is 0 Å². The molecule has 0 radical (unpaired) electrons. The fraction of sp³-hybridized carbons (Fsp3) is 0. The molecular weight excluding hydrogens is 518 g/mol. The minimum Gasteiger partial charge on any atom is -0.309 e. The van der Waals surface area contributed by atoms with Crippen molar-refractivity contribution in [3.63, 3.8) is 0 Å². The Morgan fingerprint density at radius 3 is 2.05 bits per heavy atom. The Morgan fingerprint density at radius 2 is 1.15 bits per heavy atom. The van der Waals surface area contributed by atoms with Crippen LogP contribution in [0.3, 0.4) is 0 Å². The maximum atomic E-state index is 5.32. The number of thiophene rings is 1. The van der Waals surface area contributed by atoms with Crippen molar-refractivity contribution in [2.24, 2.45) is 0 Å². The first-order valence-corrected chi connectivity index (χ1v) is 14.7. The summed E-state index contributed by atoms with van der Waals surface area (Å²) in [6.07, 6.45) is 0. The Balaban J connectivity index is 1.57.